The number of benzene rings is 1. The topological polar surface area (TPSA) is 138 Å². The second-order valence-corrected chi connectivity index (χ2v) is 6.11. The number of ether oxygens (including phenoxy) is 1. The van der Waals surface area contributed by atoms with Crippen LogP contribution in [0.2, 0.25) is 0 Å². The van der Waals surface area contributed by atoms with Gasteiger partial charge in [-0.2, -0.15) is 0 Å². The molecule has 0 spiro atoms. The van der Waals surface area contributed by atoms with Crippen LogP contribution >= 0.6 is 11.3 Å². The summed E-state index contributed by atoms with van der Waals surface area (Å²) in [6.45, 7) is 1.25. The van der Waals surface area contributed by atoms with Gasteiger partial charge in [-0.1, -0.05) is 0 Å². The predicted octanol–water partition coefficient (Wildman–Crippen LogP) is 0.968. The van der Waals surface area contributed by atoms with Crippen LogP contribution in [0.1, 0.15) is 27.8 Å². The summed E-state index contributed by atoms with van der Waals surface area (Å²) in [5.41, 5.74) is 0.318. The third kappa shape index (κ3) is 4.77. The molecule has 2 atom stereocenters. The second-order valence-electron chi connectivity index (χ2n) is 5.25. The number of amides is 2. The molecule has 10 heteroatoms. The van der Waals surface area contributed by atoms with Crippen molar-refractivity contribution in [3.8, 4) is 5.75 Å². The van der Waals surface area contributed by atoms with Crippen LogP contribution in [0.25, 0.3) is 0 Å². The first-order valence-electron chi connectivity index (χ1n) is 7.44. The van der Waals surface area contributed by atoms with E-state index in [1.54, 1.807) is 24.3 Å². The highest BCUT2D eigenvalue weighted by Gasteiger charge is 2.26. The van der Waals surface area contributed by atoms with E-state index in [0.717, 1.165) is 11.3 Å². The lowest BCUT2D eigenvalue weighted by Gasteiger charge is -2.16. The summed E-state index contributed by atoms with van der Waals surface area (Å²) >= 11 is 1.01. The van der Waals surface area contributed by atoms with Gasteiger partial charge < -0.3 is 20.3 Å². The van der Waals surface area contributed by atoms with Crippen LogP contribution < -0.4 is 15.4 Å². The number of nitrogens with zero attached hydrogens (tertiary/aromatic N) is 1. The molecule has 2 unspecified atom stereocenters. The SMILES string of the molecule is COc1ccc(C(=O)Nc2nc(C(=O)NC(C(=O)O)C(C)O)cs2)cc1. The van der Waals surface area contributed by atoms with Crippen molar-refractivity contribution in [2.45, 2.75) is 19.1 Å². The van der Waals surface area contributed by atoms with Crippen LogP contribution in [-0.4, -0.2) is 52.2 Å². The fourth-order valence-electron chi connectivity index (χ4n) is 1.95. The summed E-state index contributed by atoms with van der Waals surface area (Å²) in [4.78, 5) is 39.1. The number of carboxylic acids is 1. The third-order valence-electron chi connectivity index (χ3n) is 3.34. The van der Waals surface area contributed by atoms with Crippen LogP contribution in [0.15, 0.2) is 29.6 Å². The average Bonchev–Trinajstić information content (AvgIpc) is 3.07. The number of aliphatic hydroxyl groups excluding tert-OH is 1. The van der Waals surface area contributed by atoms with Crippen molar-refractivity contribution in [3.63, 3.8) is 0 Å². The van der Waals surface area contributed by atoms with Crippen molar-refractivity contribution >= 4 is 34.3 Å². The highest BCUT2D eigenvalue weighted by molar-refractivity contribution is 7.14. The molecule has 0 bridgehead atoms. The number of aromatic nitrogens is 1. The number of hydrogen-bond acceptors (Lipinski definition) is 7. The monoisotopic (exact) mass is 379 g/mol. The average molecular weight is 379 g/mol. The van der Waals surface area contributed by atoms with Gasteiger partial charge in [-0.05, 0) is 31.2 Å². The molecule has 0 aliphatic rings. The van der Waals surface area contributed by atoms with Gasteiger partial charge in [0.2, 0.25) is 0 Å². The van der Waals surface area contributed by atoms with E-state index in [1.807, 2.05) is 0 Å². The van der Waals surface area contributed by atoms with E-state index in [0.29, 0.717) is 11.3 Å². The van der Waals surface area contributed by atoms with Gasteiger partial charge >= 0.3 is 5.97 Å². The summed E-state index contributed by atoms with van der Waals surface area (Å²) in [5, 5.41) is 24.6. The number of carboxylic acid groups (broad SMARTS) is 1. The van der Waals surface area contributed by atoms with Crippen molar-refractivity contribution in [2.24, 2.45) is 0 Å². The second kappa shape index (κ2) is 8.41. The Morgan fingerprint density at radius 1 is 1.19 bits per heavy atom. The number of methoxy groups -OCH3 is 1. The molecule has 1 aromatic heterocycles. The molecule has 0 radical (unpaired) electrons. The molecule has 138 valence electrons. The quantitative estimate of drug-likeness (QED) is 0.562. The zero-order valence-electron chi connectivity index (χ0n) is 13.9. The normalized spacial score (nSPS) is 12.7. The maximum absolute atomic E-state index is 12.2. The highest BCUT2D eigenvalue weighted by Crippen LogP contribution is 2.18. The van der Waals surface area contributed by atoms with Gasteiger partial charge in [0.25, 0.3) is 11.8 Å². The van der Waals surface area contributed by atoms with E-state index in [9.17, 15) is 19.5 Å². The van der Waals surface area contributed by atoms with Gasteiger partial charge in [-0.25, -0.2) is 9.78 Å². The molecular formula is C16H17N3O6S. The Balaban J connectivity index is 2.03. The van der Waals surface area contributed by atoms with Crippen molar-refractivity contribution in [1.82, 2.24) is 10.3 Å². The summed E-state index contributed by atoms with van der Waals surface area (Å²) in [6.07, 6.45) is -1.27. The standard InChI is InChI=1S/C16H17N3O6S/c1-8(20)12(15(23)24)18-14(22)11-7-26-16(17-11)19-13(21)9-3-5-10(25-2)6-4-9/h3-8,12,20H,1-2H3,(H,18,22)(H,23,24)(H,17,19,21). The number of anilines is 1. The minimum atomic E-state index is -1.46. The van der Waals surface area contributed by atoms with Crippen molar-refractivity contribution in [1.29, 1.82) is 0 Å². The molecule has 26 heavy (non-hydrogen) atoms. The summed E-state index contributed by atoms with van der Waals surface area (Å²) in [7, 11) is 1.52. The first-order chi connectivity index (χ1) is 12.3. The third-order valence-corrected chi connectivity index (χ3v) is 4.10. The maximum atomic E-state index is 12.2. The van der Waals surface area contributed by atoms with E-state index in [2.05, 4.69) is 15.6 Å². The van der Waals surface area contributed by atoms with Gasteiger partial charge in [0, 0.05) is 10.9 Å². The first-order valence-corrected chi connectivity index (χ1v) is 8.32. The van der Waals surface area contributed by atoms with Crippen molar-refractivity contribution < 1.29 is 29.3 Å². The number of carbonyl (C=O) groups excluding carboxylic acids is 2. The Bertz CT molecular complexity index is 803. The lowest BCUT2D eigenvalue weighted by Crippen LogP contribution is -2.47. The largest absolute Gasteiger partial charge is 0.497 e. The summed E-state index contributed by atoms with van der Waals surface area (Å²) < 4.78 is 5.02. The Morgan fingerprint density at radius 3 is 2.38 bits per heavy atom. The van der Waals surface area contributed by atoms with Gasteiger partial charge in [-0.15, -0.1) is 11.3 Å². The number of rotatable bonds is 7. The number of aliphatic hydroxyl groups is 1. The molecule has 2 amide bonds. The molecule has 0 saturated heterocycles. The van der Waals surface area contributed by atoms with Gasteiger partial charge in [0.1, 0.15) is 11.4 Å². The van der Waals surface area contributed by atoms with Gasteiger partial charge in [-0.3, -0.25) is 14.9 Å². The van der Waals surface area contributed by atoms with E-state index >= 15 is 0 Å². The minimum absolute atomic E-state index is 0.0630. The van der Waals surface area contributed by atoms with Crippen LogP contribution in [0.5, 0.6) is 5.75 Å². The molecular weight excluding hydrogens is 362 g/mol. The van der Waals surface area contributed by atoms with Gasteiger partial charge in [0.05, 0.1) is 13.2 Å². The zero-order chi connectivity index (χ0) is 19.3. The number of thiazole rings is 1. The molecule has 2 rings (SSSR count). The maximum Gasteiger partial charge on any atom is 0.328 e. The number of carbonyl (C=O) groups is 3. The Hall–Kier alpha value is -2.98. The van der Waals surface area contributed by atoms with Crippen LogP contribution in [0.4, 0.5) is 5.13 Å². The van der Waals surface area contributed by atoms with Crippen LogP contribution in [-0.2, 0) is 4.79 Å². The molecule has 0 aliphatic heterocycles. The van der Waals surface area contributed by atoms with Gasteiger partial charge in [0.15, 0.2) is 11.2 Å². The Morgan fingerprint density at radius 2 is 1.85 bits per heavy atom. The van der Waals surface area contributed by atoms with Crippen molar-refractivity contribution in [3.05, 3.63) is 40.9 Å². The lowest BCUT2D eigenvalue weighted by atomic mass is 10.2. The Labute approximate surface area is 152 Å². The van der Waals surface area contributed by atoms with Crippen LogP contribution in [0, 0.1) is 0 Å². The van der Waals surface area contributed by atoms with E-state index in [-0.39, 0.29) is 10.8 Å². The molecule has 0 fully saturated rings. The fraction of sp³-hybridized carbons (Fsp3) is 0.250. The number of aliphatic carboxylic acids is 1. The minimum Gasteiger partial charge on any atom is -0.497 e. The summed E-state index contributed by atoms with van der Waals surface area (Å²) in [5.74, 6) is -1.93. The molecule has 1 heterocycles. The molecule has 0 saturated carbocycles. The summed E-state index contributed by atoms with van der Waals surface area (Å²) in [6, 6.07) is 4.97. The fourth-order valence-corrected chi connectivity index (χ4v) is 2.64. The van der Waals surface area contributed by atoms with E-state index in [4.69, 9.17) is 9.84 Å². The lowest BCUT2D eigenvalue weighted by molar-refractivity contribution is -0.141. The molecule has 9 nitrogen and oxygen atoms in total. The molecule has 4 N–H and O–H groups in total. The van der Waals surface area contributed by atoms with E-state index < -0.39 is 29.9 Å². The zero-order valence-corrected chi connectivity index (χ0v) is 14.7. The Kier molecular flexibility index (Phi) is 6.26. The van der Waals surface area contributed by atoms with Crippen molar-refractivity contribution in [2.75, 3.05) is 12.4 Å². The highest BCUT2D eigenvalue weighted by atomic mass is 32.1. The number of hydrogen-bond donors (Lipinski definition) is 4. The van der Waals surface area contributed by atoms with E-state index in [1.165, 1.54) is 19.4 Å². The molecule has 1 aromatic carbocycles. The predicted molar refractivity (Wildman–Crippen MR) is 93.6 cm³/mol. The molecule has 0 aliphatic carbocycles. The molecule has 2 aromatic rings. The van der Waals surface area contributed by atoms with Crippen LogP contribution in [0.3, 0.4) is 0 Å². The number of nitrogens with one attached hydrogen (secondary N) is 2. The smallest absolute Gasteiger partial charge is 0.328 e. The first kappa shape index (κ1) is 19.3.